The van der Waals surface area contributed by atoms with Gasteiger partial charge in [0.15, 0.2) is 11.6 Å². The zero-order chi connectivity index (χ0) is 24.4. The van der Waals surface area contributed by atoms with Gasteiger partial charge in [-0.25, -0.2) is 18.2 Å². The number of nitrogens with two attached hydrogens (primary N) is 1. The van der Waals surface area contributed by atoms with Crippen LogP contribution in [0.5, 0.6) is 5.75 Å². The molecule has 1 amide bonds. The highest BCUT2D eigenvalue weighted by molar-refractivity contribution is 6.03. The Morgan fingerprint density at radius 1 is 1.09 bits per heavy atom. The molecule has 0 radical (unpaired) electrons. The molecular weight excluding hydrogens is 445 g/mol. The minimum absolute atomic E-state index is 0.0689. The first kappa shape index (κ1) is 23.7. The summed E-state index contributed by atoms with van der Waals surface area (Å²) in [5.74, 6) is -3.45. The highest BCUT2D eigenvalue weighted by Crippen LogP contribution is 2.38. The zero-order valence-electron chi connectivity index (χ0n) is 18.8. The lowest BCUT2D eigenvalue weighted by Gasteiger charge is -2.32. The number of nitrogens with zero attached hydrogens (tertiary/aromatic N) is 2. The molecule has 9 heteroatoms. The maximum Gasteiger partial charge on any atom is 0.274 e. The van der Waals surface area contributed by atoms with Crippen molar-refractivity contribution in [3.63, 3.8) is 0 Å². The Kier molecular flexibility index (Phi) is 6.83. The fraction of sp³-hybridized carbons (Fsp3) is 0.320. The number of halogens is 3. The van der Waals surface area contributed by atoms with Gasteiger partial charge < -0.3 is 15.8 Å². The molecule has 0 unspecified atom stereocenters. The monoisotopic (exact) mass is 470 g/mol. The predicted molar refractivity (Wildman–Crippen MR) is 122 cm³/mol. The topological polar surface area (TPSA) is 90.1 Å². The lowest BCUT2D eigenvalue weighted by molar-refractivity contribution is 0.102. The van der Waals surface area contributed by atoms with E-state index in [1.54, 1.807) is 6.20 Å². The maximum atomic E-state index is 14.7. The van der Waals surface area contributed by atoms with E-state index < -0.39 is 34.6 Å². The Morgan fingerprint density at radius 2 is 1.85 bits per heavy atom. The third kappa shape index (κ3) is 4.75. The number of pyridine rings is 2. The van der Waals surface area contributed by atoms with Crippen molar-refractivity contribution >= 4 is 11.6 Å². The van der Waals surface area contributed by atoms with Gasteiger partial charge in [0, 0.05) is 12.2 Å². The summed E-state index contributed by atoms with van der Waals surface area (Å²) in [5.41, 5.74) is 6.06. The summed E-state index contributed by atoms with van der Waals surface area (Å²) < 4.78 is 48.5. The minimum atomic E-state index is -1.11. The second-order valence-corrected chi connectivity index (χ2v) is 8.65. The number of carbonyl (C=O) groups is 1. The Bertz CT molecular complexity index is 1210. The van der Waals surface area contributed by atoms with Gasteiger partial charge in [0.25, 0.3) is 5.91 Å². The molecule has 0 bridgehead atoms. The van der Waals surface area contributed by atoms with Crippen molar-refractivity contribution in [2.75, 3.05) is 12.4 Å². The minimum Gasteiger partial charge on any atom is -0.494 e. The second-order valence-electron chi connectivity index (χ2n) is 8.65. The van der Waals surface area contributed by atoms with Crippen LogP contribution in [0.3, 0.4) is 0 Å². The first-order valence-corrected chi connectivity index (χ1v) is 11.0. The smallest absolute Gasteiger partial charge is 0.274 e. The van der Waals surface area contributed by atoms with E-state index in [0.717, 1.165) is 49.1 Å². The zero-order valence-corrected chi connectivity index (χ0v) is 18.8. The van der Waals surface area contributed by atoms with E-state index in [4.69, 9.17) is 10.5 Å². The lowest BCUT2D eigenvalue weighted by atomic mass is 9.76. The number of aromatic nitrogens is 2. The third-order valence-corrected chi connectivity index (χ3v) is 6.11. The molecule has 1 aromatic carbocycles. The van der Waals surface area contributed by atoms with E-state index in [2.05, 4.69) is 22.2 Å². The van der Waals surface area contributed by atoms with E-state index in [1.165, 1.54) is 13.3 Å². The molecule has 2 heterocycles. The van der Waals surface area contributed by atoms with Crippen molar-refractivity contribution in [2.24, 2.45) is 11.7 Å². The molecular formula is C25H25F3N4O2. The van der Waals surface area contributed by atoms with Gasteiger partial charge >= 0.3 is 0 Å². The first-order chi connectivity index (χ1) is 16.3. The van der Waals surface area contributed by atoms with E-state index in [9.17, 15) is 18.0 Å². The summed E-state index contributed by atoms with van der Waals surface area (Å²) in [4.78, 5) is 21.1. The van der Waals surface area contributed by atoms with Crippen molar-refractivity contribution in [2.45, 2.75) is 38.1 Å². The predicted octanol–water partition coefficient (Wildman–Crippen LogP) is 5.05. The highest BCUT2D eigenvalue weighted by Gasteiger charge is 2.28. The van der Waals surface area contributed by atoms with Gasteiger partial charge in [-0.05, 0) is 67.0 Å². The van der Waals surface area contributed by atoms with Crippen LogP contribution in [0.1, 0.15) is 48.2 Å². The van der Waals surface area contributed by atoms with Crippen molar-refractivity contribution in [3.05, 3.63) is 71.4 Å². The van der Waals surface area contributed by atoms with Crippen molar-refractivity contribution in [3.8, 4) is 17.0 Å². The van der Waals surface area contributed by atoms with Crippen LogP contribution < -0.4 is 15.8 Å². The summed E-state index contributed by atoms with van der Waals surface area (Å²) in [7, 11) is 1.21. The molecule has 1 aliphatic carbocycles. The molecule has 4 rings (SSSR count). The SMILES string of the molecule is COc1ccc(F)c(-c2nc(C(=O)Nc3cnccc3[C@@H]3C[C@H](C)C[C@H](N)C3)ccc2F)c1F. The van der Waals surface area contributed by atoms with Gasteiger partial charge in [-0.1, -0.05) is 6.92 Å². The van der Waals surface area contributed by atoms with Gasteiger partial charge in [-0.2, -0.15) is 0 Å². The average molecular weight is 470 g/mol. The van der Waals surface area contributed by atoms with Crippen LogP contribution in [0, 0.1) is 23.4 Å². The molecule has 2 aromatic heterocycles. The molecule has 3 N–H and O–H groups in total. The van der Waals surface area contributed by atoms with E-state index in [0.29, 0.717) is 11.6 Å². The van der Waals surface area contributed by atoms with Crippen LogP contribution in [0.15, 0.2) is 42.7 Å². The molecule has 3 aromatic rings. The number of ether oxygens (including phenoxy) is 1. The van der Waals surface area contributed by atoms with Gasteiger partial charge in [0.2, 0.25) is 0 Å². The normalized spacial score (nSPS) is 20.1. The Labute approximate surface area is 195 Å². The number of amides is 1. The number of hydrogen-bond acceptors (Lipinski definition) is 5. The fourth-order valence-corrected chi connectivity index (χ4v) is 4.61. The number of benzene rings is 1. The number of methoxy groups -OCH3 is 1. The average Bonchev–Trinajstić information content (AvgIpc) is 2.80. The molecule has 1 aliphatic rings. The standard InChI is InChI=1S/C25H25F3N4O2/c1-13-9-14(11-15(29)10-13)16-7-8-30-12-20(16)32-25(33)19-5-3-18(27)24(31-19)22-17(26)4-6-21(34-2)23(22)28/h3-8,12-15H,9-11,29H2,1-2H3,(H,32,33)/t13-,14+,15-/m0/s1. The Balaban J connectivity index is 1.66. The summed E-state index contributed by atoms with van der Waals surface area (Å²) in [5, 5.41) is 2.76. The van der Waals surface area contributed by atoms with Crippen molar-refractivity contribution in [1.82, 2.24) is 9.97 Å². The Morgan fingerprint density at radius 3 is 2.59 bits per heavy atom. The summed E-state index contributed by atoms with van der Waals surface area (Å²) in [6.07, 6.45) is 5.84. The van der Waals surface area contributed by atoms with Crippen LogP contribution in [-0.4, -0.2) is 29.0 Å². The third-order valence-electron chi connectivity index (χ3n) is 6.11. The molecule has 6 nitrogen and oxygen atoms in total. The highest BCUT2D eigenvalue weighted by atomic mass is 19.1. The maximum absolute atomic E-state index is 14.7. The van der Waals surface area contributed by atoms with Crippen molar-refractivity contribution in [1.29, 1.82) is 0 Å². The van der Waals surface area contributed by atoms with Crippen LogP contribution in [-0.2, 0) is 0 Å². The summed E-state index contributed by atoms with van der Waals surface area (Å²) in [6.45, 7) is 2.15. The van der Waals surface area contributed by atoms with Crippen LogP contribution in [0.2, 0.25) is 0 Å². The molecule has 3 atom stereocenters. The van der Waals surface area contributed by atoms with Crippen molar-refractivity contribution < 1.29 is 22.7 Å². The van der Waals surface area contributed by atoms with Crippen LogP contribution in [0.4, 0.5) is 18.9 Å². The summed E-state index contributed by atoms with van der Waals surface area (Å²) >= 11 is 0. The molecule has 0 saturated heterocycles. The van der Waals surface area contributed by atoms with Crippen LogP contribution >= 0.6 is 0 Å². The number of hydrogen-bond donors (Lipinski definition) is 2. The van der Waals surface area contributed by atoms with Gasteiger partial charge in [0.1, 0.15) is 23.0 Å². The lowest BCUT2D eigenvalue weighted by Crippen LogP contribution is -2.31. The van der Waals surface area contributed by atoms with E-state index >= 15 is 0 Å². The largest absolute Gasteiger partial charge is 0.494 e. The first-order valence-electron chi connectivity index (χ1n) is 11.0. The second kappa shape index (κ2) is 9.80. The molecule has 34 heavy (non-hydrogen) atoms. The quantitative estimate of drug-likeness (QED) is 0.545. The fourth-order valence-electron chi connectivity index (χ4n) is 4.61. The van der Waals surface area contributed by atoms with Gasteiger partial charge in [-0.3, -0.25) is 9.78 Å². The molecule has 1 fully saturated rings. The van der Waals surface area contributed by atoms with E-state index in [-0.39, 0.29) is 23.4 Å². The molecule has 0 spiro atoms. The number of rotatable bonds is 5. The molecule has 1 saturated carbocycles. The van der Waals surface area contributed by atoms with E-state index in [1.807, 2.05) is 6.07 Å². The number of carbonyl (C=O) groups excluding carboxylic acids is 1. The molecule has 0 aliphatic heterocycles. The van der Waals surface area contributed by atoms with Crippen LogP contribution in [0.25, 0.3) is 11.3 Å². The molecule has 178 valence electrons. The van der Waals surface area contributed by atoms with Gasteiger partial charge in [-0.15, -0.1) is 0 Å². The number of anilines is 1. The van der Waals surface area contributed by atoms with Gasteiger partial charge in [0.05, 0.1) is 24.6 Å². The number of nitrogens with one attached hydrogen (secondary N) is 1. The summed E-state index contributed by atoms with van der Waals surface area (Å²) in [6, 6.07) is 6.04. The Hall–Kier alpha value is -3.46.